The largest absolute Gasteiger partial charge is 0.401 e. The minimum atomic E-state index is -4.21. The van der Waals surface area contributed by atoms with Crippen LogP contribution in [0.15, 0.2) is 0 Å². The molecule has 1 saturated carbocycles. The second-order valence-electron chi connectivity index (χ2n) is 6.29. The molecule has 1 aliphatic carbocycles. The SMILES string of the molecule is CCCNCC1(CN(CCO)CC(F)(F)F)CCCCC1. The summed E-state index contributed by atoms with van der Waals surface area (Å²) in [5, 5.41) is 12.4. The second-order valence-corrected chi connectivity index (χ2v) is 6.29. The lowest BCUT2D eigenvalue weighted by molar-refractivity contribution is -0.150. The molecule has 2 N–H and O–H groups in total. The summed E-state index contributed by atoms with van der Waals surface area (Å²) in [6, 6.07) is 0. The van der Waals surface area contributed by atoms with E-state index in [0.717, 1.165) is 45.2 Å². The summed E-state index contributed by atoms with van der Waals surface area (Å²) in [5.74, 6) is 0. The van der Waals surface area contributed by atoms with Crippen molar-refractivity contribution in [3.05, 3.63) is 0 Å². The average molecular weight is 310 g/mol. The molecule has 0 radical (unpaired) electrons. The Labute approximate surface area is 125 Å². The zero-order chi connectivity index (χ0) is 15.8. The van der Waals surface area contributed by atoms with Gasteiger partial charge in [0.25, 0.3) is 0 Å². The first-order valence-corrected chi connectivity index (χ1v) is 8.01. The molecule has 6 heteroatoms. The first kappa shape index (κ1) is 18.7. The molecule has 0 atom stereocenters. The summed E-state index contributed by atoms with van der Waals surface area (Å²) >= 11 is 0. The normalized spacial score (nSPS) is 19.1. The first-order valence-electron chi connectivity index (χ1n) is 8.01. The highest BCUT2D eigenvalue weighted by molar-refractivity contribution is 4.88. The fourth-order valence-electron chi connectivity index (χ4n) is 3.31. The number of halogens is 3. The van der Waals surface area contributed by atoms with E-state index in [1.54, 1.807) is 0 Å². The van der Waals surface area contributed by atoms with E-state index in [1.165, 1.54) is 11.3 Å². The topological polar surface area (TPSA) is 35.5 Å². The van der Waals surface area contributed by atoms with Crippen molar-refractivity contribution in [1.82, 2.24) is 10.2 Å². The van der Waals surface area contributed by atoms with Gasteiger partial charge in [0.1, 0.15) is 0 Å². The van der Waals surface area contributed by atoms with Crippen molar-refractivity contribution in [2.45, 2.75) is 51.6 Å². The van der Waals surface area contributed by atoms with Crippen LogP contribution in [0.5, 0.6) is 0 Å². The maximum Gasteiger partial charge on any atom is 0.401 e. The smallest absolute Gasteiger partial charge is 0.395 e. The first-order chi connectivity index (χ1) is 9.91. The zero-order valence-electron chi connectivity index (χ0n) is 13.0. The summed E-state index contributed by atoms with van der Waals surface area (Å²) < 4.78 is 38.0. The van der Waals surface area contributed by atoms with Crippen LogP contribution in [-0.4, -0.2) is 55.5 Å². The monoisotopic (exact) mass is 310 g/mol. The lowest BCUT2D eigenvalue weighted by Gasteiger charge is -2.41. The van der Waals surface area contributed by atoms with E-state index < -0.39 is 12.7 Å². The van der Waals surface area contributed by atoms with Crippen LogP contribution in [0.1, 0.15) is 45.4 Å². The van der Waals surface area contributed by atoms with Crippen LogP contribution < -0.4 is 5.32 Å². The quantitative estimate of drug-likeness (QED) is 0.643. The van der Waals surface area contributed by atoms with Gasteiger partial charge in [-0.2, -0.15) is 13.2 Å². The van der Waals surface area contributed by atoms with Crippen molar-refractivity contribution in [3.8, 4) is 0 Å². The highest BCUT2D eigenvalue weighted by Crippen LogP contribution is 2.37. The molecule has 0 spiro atoms. The molecule has 0 aromatic carbocycles. The van der Waals surface area contributed by atoms with E-state index >= 15 is 0 Å². The predicted molar refractivity (Wildman–Crippen MR) is 78.3 cm³/mol. The summed E-state index contributed by atoms with van der Waals surface area (Å²) in [5.41, 5.74) is -0.0756. The van der Waals surface area contributed by atoms with Crippen molar-refractivity contribution >= 4 is 0 Å². The van der Waals surface area contributed by atoms with Gasteiger partial charge in [0.05, 0.1) is 13.2 Å². The maximum absolute atomic E-state index is 12.7. The summed E-state index contributed by atoms with van der Waals surface area (Å²) in [6.45, 7) is 3.13. The van der Waals surface area contributed by atoms with Gasteiger partial charge in [0.15, 0.2) is 0 Å². The minimum Gasteiger partial charge on any atom is -0.395 e. The Morgan fingerprint density at radius 2 is 1.86 bits per heavy atom. The predicted octanol–water partition coefficient (Wildman–Crippen LogP) is 2.79. The van der Waals surface area contributed by atoms with Gasteiger partial charge in [-0.3, -0.25) is 4.90 Å². The molecule has 3 nitrogen and oxygen atoms in total. The number of hydrogen-bond donors (Lipinski definition) is 2. The number of hydrogen-bond acceptors (Lipinski definition) is 3. The molecule has 0 aliphatic heterocycles. The Morgan fingerprint density at radius 1 is 1.19 bits per heavy atom. The minimum absolute atomic E-state index is 0.0756. The van der Waals surface area contributed by atoms with Gasteiger partial charge in [0.2, 0.25) is 0 Å². The number of nitrogens with zero attached hydrogens (tertiary/aromatic N) is 1. The molecule has 0 unspecified atom stereocenters. The molecule has 126 valence electrons. The zero-order valence-corrected chi connectivity index (χ0v) is 13.0. The van der Waals surface area contributed by atoms with E-state index in [2.05, 4.69) is 12.2 Å². The van der Waals surface area contributed by atoms with Crippen LogP contribution in [0, 0.1) is 5.41 Å². The molecule has 1 rings (SSSR count). The molecule has 1 fully saturated rings. The van der Waals surface area contributed by atoms with E-state index in [9.17, 15) is 13.2 Å². The van der Waals surface area contributed by atoms with Gasteiger partial charge in [-0.05, 0) is 31.2 Å². The number of alkyl halides is 3. The second kappa shape index (κ2) is 8.96. The lowest BCUT2D eigenvalue weighted by Crippen LogP contribution is -2.48. The highest BCUT2D eigenvalue weighted by Gasteiger charge is 2.37. The van der Waals surface area contributed by atoms with Gasteiger partial charge in [-0.15, -0.1) is 0 Å². The lowest BCUT2D eigenvalue weighted by atomic mass is 9.73. The molecular weight excluding hydrogens is 281 g/mol. The Bertz CT molecular complexity index is 279. The average Bonchev–Trinajstić information content (AvgIpc) is 2.38. The number of aliphatic hydroxyl groups excluding tert-OH is 1. The molecule has 1 aliphatic rings. The van der Waals surface area contributed by atoms with Gasteiger partial charge in [-0.25, -0.2) is 0 Å². The summed E-state index contributed by atoms with van der Waals surface area (Å²) in [4.78, 5) is 1.37. The van der Waals surface area contributed by atoms with Crippen LogP contribution in [0.4, 0.5) is 13.2 Å². The van der Waals surface area contributed by atoms with Crippen LogP contribution in [0.3, 0.4) is 0 Å². The van der Waals surface area contributed by atoms with E-state index in [4.69, 9.17) is 5.11 Å². The number of aliphatic hydroxyl groups is 1. The van der Waals surface area contributed by atoms with Gasteiger partial charge >= 0.3 is 6.18 Å². The van der Waals surface area contributed by atoms with Crippen molar-refractivity contribution in [1.29, 1.82) is 0 Å². The van der Waals surface area contributed by atoms with Crippen molar-refractivity contribution in [3.63, 3.8) is 0 Å². The van der Waals surface area contributed by atoms with E-state index in [0.29, 0.717) is 6.54 Å². The molecule has 21 heavy (non-hydrogen) atoms. The molecule has 0 amide bonds. The van der Waals surface area contributed by atoms with Crippen LogP contribution in [0.25, 0.3) is 0 Å². The third-order valence-electron chi connectivity index (χ3n) is 4.22. The van der Waals surface area contributed by atoms with Gasteiger partial charge in [-0.1, -0.05) is 26.2 Å². The van der Waals surface area contributed by atoms with Crippen LogP contribution >= 0.6 is 0 Å². The fourth-order valence-corrected chi connectivity index (χ4v) is 3.31. The molecule has 0 aromatic heterocycles. The van der Waals surface area contributed by atoms with E-state index in [1.807, 2.05) is 0 Å². The molecule has 0 bridgehead atoms. The number of rotatable bonds is 9. The van der Waals surface area contributed by atoms with Crippen LogP contribution in [-0.2, 0) is 0 Å². The van der Waals surface area contributed by atoms with Crippen LogP contribution in [0.2, 0.25) is 0 Å². The Balaban J connectivity index is 2.66. The Kier molecular flexibility index (Phi) is 7.98. The standard InChI is InChI=1S/C15H29F3N2O/c1-2-8-19-11-14(6-4-3-5-7-14)12-20(9-10-21)13-15(16,17)18/h19,21H,2-13H2,1H3. The van der Waals surface area contributed by atoms with E-state index in [-0.39, 0.29) is 18.6 Å². The highest BCUT2D eigenvalue weighted by atomic mass is 19.4. The third-order valence-corrected chi connectivity index (χ3v) is 4.22. The molecule has 0 heterocycles. The summed E-state index contributed by atoms with van der Waals surface area (Å²) in [7, 11) is 0. The van der Waals surface area contributed by atoms with Gasteiger partial charge in [0, 0.05) is 19.6 Å². The molecular formula is C15H29F3N2O. The third kappa shape index (κ3) is 7.47. The number of nitrogens with one attached hydrogen (secondary N) is 1. The van der Waals surface area contributed by atoms with Crippen molar-refractivity contribution in [2.75, 3.05) is 39.3 Å². The van der Waals surface area contributed by atoms with Crippen molar-refractivity contribution < 1.29 is 18.3 Å². The fraction of sp³-hybridized carbons (Fsp3) is 1.00. The Hall–Kier alpha value is -0.330. The Morgan fingerprint density at radius 3 is 2.38 bits per heavy atom. The maximum atomic E-state index is 12.7. The molecule has 0 saturated heterocycles. The van der Waals surface area contributed by atoms with Gasteiger partial charge < -0.3 is 10.4 Å². The summed E-state index contributed by atoms with van der Waals surface area (Å²) in [6.07, 6.45) is 2.13. The molecule has 0 aromatic rings. The van der Waals surface area contributed by atoms with Crippen molar-refractivity contribution in [2.24, 2.45) is 5.41 Å².